The molecular weight excluding hydrogens is 156 g/mol. The van der Waals surface area contributed by atoms with Crippen molar-refractivity contribution in [2.75, 3.05) is 20.8 Å². The molecule has 4 nitrogen and oxygen atoms in total. The summed E-state index contributed by atoms with van der Waals surface area (Å²) in [5.74, 6) is -0.210. The Hall–Kier alpha value is -0.610. The molecule has 0 saturated carbocycles. The van der Waals surface area contributed by atoms with Crippen LogP contribution in [-0.2, 0) is 9.53 Å². The van der Waals surface area contributed by atoms with Gasteiger partial charge < -0.3 is 10.5 Å². The number of hydrogen-bond donors (Lipinski definition) is 1. The predicted molar refractivity (Wildman–Crippen MR) is 47.5 cm³/mol. The highest BCUT2D eigenvalue weighted by Crippen LogP contribution is 2.00. The van der Waals surface area contributed by atoms with Gasteiger partial charge in [0.1, 0.15) is 12.8 Å². The van der Waals surface area contributed by atoms with Crippen LogP contribution >= 0.6 is 0 Å². The van der Waals surface area contributed by atoms with Crippen molar-refractivity contribution in [2.24, 2.45) is 11.7 Å². The van der Waals surface area contributed by atoms with Crippen LogP contribution < -0.4 is 5.73 Å². The van der Waals surface area contributed by atoms with Crippen molar-refractivity contribution in [3.63, 3.8) is 0 Å². The Morgan fingerprint density at radius 3 is 2.33 bits per heavy atom. The van der Waals surface area contributed by atoms with Gasteiger partial charge in [-0.3, -0.25) is 9.69 Å². The largest absolute Gasteiger partial charge is 0.448 e. The number of nitrogens with two attached hydrogens (primary N) is 1. The number of rotatable bonds is 4. The summed E-state index contributed by atoms with van der Waals surface area (Å²) in [4.78, 5) is 12.9. The minimum absolute atomic E-state index is 0.125. The number of carbonyl (C=O) groups excluding carboxylic acids is 1. The van der Waals surface area contributed by atoms with E-state index in [4.69, 9.17) is 10.5 Å². The third kappa shape index (κ3) is 4.31. The fraction of sp³-hybridized carbons (Fsp3) is 0.875. The number of ether oxygens (including phenoxy) is 1. The summed E-state index contributed by atoms with van der Waals surface area (Å²) >= 11 is 0. The van der Waals surface area contributed by atoms with E-state index in [-0.39, 0.29) is 11.9 Å². The molecule has 0 spiro atoms. The zero-order valence-corrected chi connectivity index (χ0v) is 8.20. The summed E-state index contributed by atoms with van der Waals surface area (Å²) in [6.45, 7) is 4.07. The molecule has 0 aromatic carbocycles. The van der Waals surface area contributed by atoms with Gasteiger partial charge in [-0.1, -0.05) is 13.8 Å². The SMILES string of the molecule is CC(C)C(N)C(=O)OCN(C)C. The van der Waals surface area contributed by atoms with Crippen molar-refractivity contribution < 1.29 is 9.53 Å². The molecule has 72 valence electrons. The molecule has 1 unspecified atom stereocenters. The quantitative estimate of drug-likeness (QED) is 0.482. The zero-order valence-electron chi connectivity index (χ0n) is 8.20. The molecule has 0 amide bonds. The molecule has 0 rings (SSSR count). The van der Waals surface area contributed by atoms with Gasteiger partial charge in [0, 0.05) is 0 Å². The Kier molecular flexibility index (Phi) is 4.85. The minimum atomic E-state index is -0.509. The average Bonchev–Trinajstić information content (AvgIpc) is 1.98. The van der Waals surface area contributed by atoms with Crippen LogP contribution in [0.3, 0.4) is 0 Å². The van der Waals surface area contributed by atoms with E-state index in [2.05, 4.69) is 0 Å². The molecule has 0 aliphatic carbocycles. The topological polar surface area (TPSA) is 55.6 Å². The fourth-order valence-corrected chi connectivity index (χ4v) is 0.561. The third-order valence-electron chi connectivity index (χ3n) is 1.46. The predicted octanol–water partition coefficient (Wildman–Crippen LogP) is 0.0320. The molecule has 0 aromatic heterocycles. The molecule has 0 saturated heterocycles. The molecule has 1 atom stereocenters. The second-order valence-electron chi connectivity index (χ2n) is 3.44. The highest BCUT2D eigenvalue weighted by molar-refractivity contribution is 5.75. The number of hydrogen-bond acceptors (Lipinski definition) is 4. The van der Waals surface area contributed by atoms with Crippen molar-refractivity contribution in [1.29, 1.82) is 0 Å². The molecule has 0 fully saturated rings. The van der Waals surface area contributed by atoms with Gasteiger partial charge in [0.2, 0.25) is 0 Å². The van der Waals surface area contributed by atoms with Gasteiger partial charge in [-0.25, -0.2) is 0 Å². The monoisotopic (exact) mass is 174 g/mol. The van der Waals surface area contributed by atoms with E-state index in [1.807, 2.05) is 27.9 Å². The Labute approximate surface area is 73.7 Å². The normalized spacial score (nSPS) is 13.6. The Balaban J connectivity index is 3.72. The van der Waals surface area contributed by atoms with Crippen molar-refractivity contribution in [3.05, 3.63) is 0 Å². The first kappa shape index (κ1) is 11.4. The van der Waals surface area contributed by atoms with E-state index in [9.17, 15) is 4.79 Å². The maximum absolute atomic E-state index is 11.1. The van der Waals surface area contributed by atoms with Crippen LogP contribution in [-0.4, -0.2) is 37.7 Å². The van der Waals surface area contributed by atoms with Crippen LogP contribution in [0.15, 0.2) is 0 Å². The maximum atomic E-state index is 11.1. The van der Waals surface area contributed by atoms with Crippen molar-refractivity contribution >= 4 is 5.97 Å². The first-order valence-electron chi connectivity index (χ1n) is 4.02. The highest BCUT2D eigenvalue weighted by Gasteiger charge is 2.18. The lowest BCUT2D eigenvalue weighted by Crippen LogP contribution is -2.38. The van der Waals surface area contributed by atoms with Gasteiger partial charge in [-0.05, 0) is 20.0 Å². The smallest absolute Gasteiger partial charge is 0.324 e. The molecule has 0 aliphatic rings. The van der Waals surface area contributed by atoms with E-state index >= 15 is 0 Å². The fourth-order valence-electron chi connectivity index (χ4n) is 0.561. The molecule has 4 heteroatoms. The molecule has 0 bridgehead atoms. The zero-order chi connectivity index (χ0) is 9.72. The van der Waals surface area contributed by atoms with Gasteiger partial charge in [0.25, 0.3) is 0 Å². The standard InChI is InChI=1S/C8H18N2O2/c1-6(2)7(9)8(11)12-5-10(3)4/h6-7H,5,9H2,1-4H3. The van der Waals surface area contributed by atoms with Crippen LogP contribution in [0, 0.1) is 5.92 Å². The van der Waals surface area contributed by atoms with Gasteiger partial charge in [0.15, 0.2) is 0 Å². The van der Waals surface area contributed by atoms with Gasteiger partial charge >= 0.3 is 5.97 Å². The number of esters is 1. The van der Waals surface area contributed by atoms with Crippen LogP contribution in [0.4, 0.5) is 0 Å². The van der Waals surface area contributed by atoms with Gasteiger partial charge in [0.05, 0.1) is 0 Å². The van der Waals surface area contributed by atoms with E-state index in [1.165, 1.54) is 0 Å². The highest BCUT2D eigenvalue weighted by atomic mass is 16.5. The minimum Gasteiger partial charge on any atom is -0.448 e. The van der Waals surface area contributed by atoms with E-state index < -0.39 is 6.04 Å². The lowest BCUT2D eigenvalue weighted by molar-refractivity contribution is -0.150. The van der Waals surface area contributed by atoms with Gasteiger partial charge in [-0.2, -0.15) is 0 Å². The molecule has 0 aromatic rings. The van der Waals surface area contributed by atoms with Crippen LogP contribution in [0.5, 0.6) is 0 Å². The summed E-state index contributed by atoms with van der Waals surface area (Å²) in [6.07, 6.45) is 0. The van der Waals surface area contributed by atoms with E-state index in [1.54, 1.807) is 4.90 Å². The Morgan fingerprint density at radius 2 is 2.00 bits per heavy atom. The summed E-state index contributed by atoms with van der Waals surface area (Å²) in [5.41, 5.74) is 5.55. The van der Waals surface area contributed by atoms with Crippen LogP contribution in [0.25, 0.3) is 0 Å². The second kappa shape index (κ2) is 5.11. The number of nitrogens with zero attached hydrogens (tertiary/aromatic N) is 1. The second-order valence-corrected chi connectivity index (χ2v) is 3.44. The lowest BCUT2D eigenvalue weighted by atomic mass is 10.1. The molecule has 0 aliphatic heterocycles. The van der Waals surface area contributed by atoms with E-state index in [0.717, 1.165) is 0 Å². The van der Waals surface area contributed by atoms with Gasteiger partial charge in [-0.15, -0.1) is 0 Å². The van der Waals surface area contributed by atoms with Crippen molar-refractivity contribution in [2.45, 2.75) is 19.9 Å². The van der Waals surface area contributed by atoms with Crippen molar-refractivity contribution in [3.8, 4) is 0 Å². The summed E-state index contributed by atoms with van der Waals surface area (Å²) in [5, 5.41) is 0. The Morgan fingerprint density at radius 1 is 1.50 bits per heavy atom. The molecule has 0 radical (unpaired) electrons. The maximum Gasteiger partial charge on any atom is 0.324 e. The van der Waals surface area contributed by atoms with Crippen LogP contribution in [0.2, 0.25) is 0 Å². The van der Waals surface area contributed by atoms with Crippen molar-refractivity contribution in [1.82, 2.24) is 4.90 Å². The average molecular weight is 174 g/mol. The third-order valence-corrected chi connectivity index (χ3v) is 1.46. The molecule has 12 heavy (non-hydrogen) atoms. The molecular formula is C8H18N2O2. The van der Waals surface area contributed by atoms with E-state index in [0.29, 0.717) is 6.73 Å². The molecule has 2 N–H and O–H groups in total. The summed E-state index contributed by atoms with van der Waals surface area (Å²) in [7, 11) is 3.66. The lowest BCUT2D eigenvalue weighted by Gasteiger charge is -2.16. The number of carbonyl (C=O) groups is 1. The molecule has 0 heterocycles. The Bertz CT molecular complexity index is 146. The summed E-state index contributed by atoms with van der Waals surface area (Å²) < 4.78 is 4.89. The van der Waals surface area contributed by atoms with Crippen LogP contribution in [0.1, 0.15) is 13.8 Å². The summed E-state index contributed by atoms with van der Waals surface area (Å²) in [6, 6.07) is -0.509. The first-order chi connectivity index (χ1) is 5.45. The first-order valence-corrected chi connectivity index (χ1v) is 4.02.